The zero-order chi connectivity index (χ0) is 30.4. The number of likely N-dealkylation sites (tertiary alicyclic amines) is 1. The molecule has 0 aromatic carbocycles. The van der Waals surface area contributed by atoms with Gasteiger partial charge in [0.25, 0.3) is 5.96 Å². The molecule has 22 heteroatoms. The first kappa shape index (κ1) is 36.2. The Labute approximate surface area is 209 Å². The van der Waals surface area contributed by atoms with E-state index in [0.717, 1.165) is 0 Å². The summed E-state index contributed by atoms with van der Waals surface area (Å²) in [6, 6.07) is -1.30. The van der Waals surface area contributed by atoms with Gasteiger partial charge in [0.15, 0.2) is 5.03 Å². The summed E-state index contributed by atoms with van der Waals surface area (Å²) < 4.78 is 63.5. The van der Waals surface area contributed by atoms with Crippen LogP contribution in [0.15, 0.2) is 4.99 Å². The Balaban J connectivity index is 0. The molecule has 2 amide bonds. The van der Waals surface area contributed by atoms with Crippen LogP contribution in [0, 0.1) is 10.1 Å². The van der Waals surface area contributed by atoms with E-state index >= 15 is 0 Å². The highest BCUT2D eigenvalue weighted by Crippen LogP contribution is 2.16. The minimum Gasteiger partial charge on any atom is -0.475 e. The number of hydrogen-bond donors (Lipinski definition) is 7. The molecule has 220 valence electrons. The van der Waals surface area contributed by atoms with Gasteiger partial charge in [0.2, 0.25) is 11.8 Å². The zero-order valence-electron chi connectivity index (χ0n) is 19.5. The van der Waals surface area contributed by atoms with Crippen LogP contribution in [0.25, 0.3) is 0 Å². The number of carboxylic acid groups (broad SMARTS) is 2. The average Bonchev–Trinajstić information content (AvgIpc) is 3.10. The molecule has 1 rings (SSSR count). The van der Waals surface area contributed by atoms with Crippen LogP contribution in [-0.4, -0.2) is 100 Å². The second kappa shape index (κ2) is 16.0. The van der Waals surface area contributed by atoms with E-state index in [1.54, 1.807) is 17.4 Å². The number of carbonyl (C=O) groups is 4. The second-order valence-corrected chi connectivity index (χ2v) is 7.29. The van der Waals surface area contributed by atoms with Crippen molar-refractivity contribution in [2.45, 2.75) is 49.7 Å². The van der Waals surface area contributed by atoms with Gasteiger partial charge in [-0.3, -0.25) is 14.5 Å². The van der Waals surface area contributed by atoms with Crippen LogP contribution in [-0.2, 0) is 19.2 Å². The highest BCUT2D eigenvalue weighted by Gasteiger charge is 2.39. The normalized spacial score (nSPS) is 18.6. The molecule has 0 saturated carbocycles. The number of amides is 2. The zero-order valence-corrected chi connectivity index (χ0v) is 19.5. The number of nitrogens with two attached hydrogens (primary N) is 3. The lowest BCUT2D eigenvalue weighted by Gasteiger charge is -2.16. The molecule has 0 aromatic heterocycles. The summed E-state index contributed by atoms with van der Waals surface area (Å²) in [5, 5.41) is 26.4. The Kier molecular flexibility index (Phi) is 15.3. The van der Waals surface area contributed by atoms with Gasteiger partial charge in [0.1, 0.15) is 0 Å². The summed E-state index contributed by atoms with van der Waals surface area (Å²) in [5.74, 6) is -6.55. The van der Waals surface area contributed by atoms with E-state index in [1.165, 1.54) is 0 Å². The third-order valence-corrected chi connectivity index (χ3v) is 4.21. The first-order chi connectivity index (χ1) is 17.1. The second-order valence-electron chi connectivity index (χ2n) is 7.29. The minimum atomic E-state index is -5.08. The smallest absolute Gasteiger partial charge is 0.475 e. The van der Waals surface area contributed by atoms with Crippen molar-refractivity contribution in [3.8, 4) is 0 Å². The lowest BCUT2D eigenvalue weighted by molar-refractivity contribution is -0.525. The summed E-state index contributed by atoms with van der Waals surface area (Å²) in [6.45, 7) is 0.739. The molecular weight excluding hydrogens is 546 g/mol. The molecule has 3 atom stereocenters. The van der Waals surface area contributed by atoms with E-state index < -0.39 is 47.3 Å². The number of nitrogens with zero attached hydrogens (tertiary/aromatic N) is 3. The number of alkyl halides is 6. The fourth-order valence-corrected chi connectivity index (χ4v) is 2.52. The van der Waals surface area contributed by atoms with Crippen molar-refractivity contribution in [1.29, 1.82) is 0 Å². The minimum absolute atomic E-state index is 0.177. The molecule has 0 aromatic rings. The Hall–Kier alpha value is -3.95. The summed E-state index contributed by atoms with van der Waals surface area (Å²) in [7, 11) is 1.77. The molecule has 1 saturated heterocycles. The predicted molar refractivity (Wildman–Crippen MR) is 113 cm³/mol. The quantitative estimate of drug-likeness (QED) is 0.0421. The van der Waals surface area contributed by atoms with Gasteiger partial charge in [-0.1, -0.05) is 5.43 Å². The van der Waals surface area contributed by atoms with Crippen LogP contribution in [0.1, 0.15) is 19.3 Å². The number of aliphatic imine (C=N–C) groups is 1. The number of rotatable bonds is 8. The van der Waals surface area contributed by atoms with Gasteiger partial charge in [0.05, 0.1) is 12.1 Å². The van der Waals surface area contributed by atoms with E-state index in [2.05, 4.69) is 10.3 Å². The van der Waals surface area contributed by atoms with Gasteiger partial charge in [0, 0.05) is 19.1 Å². The third kappa shape index (κ3) is 16.7. The van der Waals surface area contributed by atoms with Crippen molar-refractivity contribution < 1.29 is 60.8 Å². The van der Waals surface area contributed by atoms with Crippen LogP contribution >= 0.6 is 0 Å². The number of carbonyl (C=O) groups excluding carboxylic acids is 2. The fraction of sp³-hybridized carbons (Fsp3) is 0.688. The Morgan fingerprint density at radius 2 is 1.55 bits per heavy atom. The van der Waals surface area contributed by atoms with E-state index in [0.29, 0.717) is 25.8 Å². The fourth-order valence-electron chi connectivity index (χ4n) is 2.52. The third-order valence-electron chi connectivity index (χ3n) is 4.21. The molecule has 1 heterocycles. The molecule has 0 unspecified atom stereocenters. The topological polar surface area (TPSA) is 270 Å². The Morgan fingerprint density at radius 3 is 1.89 bits per heavy atom. The molecule has 1 fully saturated rings. The number of hydrazine groups is 1. The monoisotopic (exact) mass is 572 g/mol. The number of primary amides is 1. The summed E-state index contributed by atoms with van der Waals surface area (Å²) in [5.41, 5.74) is 18.1. The largest absolute Gasteiger partial charge is 0.490 e. The average molecular weight is 572 g/mol. The van der Waals surface area contributed by atoms with Gasteiger partial charge < -0.3 is 32.7 Å². The molecule has 0 radical (unpaired) electrons. The molecule has 0 bridgehead atoms. The van der Waals surface area contributed by atoms with Gasteiger partial charge in [-0.2, -0.15) is 26.3 Å². The number of nitrogens with one attached hydrogen (secondary N) is 2. The van der Waals surface area contributed by atoms with Crippen molar-refractivity contribution in [3.63, 3.8) is 0 Å². The Bertz CT molecular complexity index is 846. The molecule has 0 aliphatic carbocycles. The van der Waals surface area contributed by atoms with Gasteiger partial charge in [-0.05, 0) is 26.3 Å². The van der Waals surface area contributed by atoms with Gasteiger partial charge >= 0.3 is 24.3 Å². The number of halogens is 6. The van der Waals surface area contributed by atoms with E-state index in [4.69, 9.17) is 37.0 Å². The molecular formula is C16H26F6N8O8. The van der Waals surface area contributed by atoms with Crippen molar-refractivity contribution in [3.05, 3.63) is 10.1 Å². The van der Waals surface area contributed by atoms with Crippen molar-refractivity contribution in [1.82, 2.24) is 15.6 Å². The number of likely N-dealkylation sites (N-methyl/N-ethyl adjacent to an activating group) is 1. The van der Waals surface area contributed by atoms with Gasteiger partial charge in [-0.25, -0.2) is 24.7 Å². The Morgan fingerprint density at radius 1 is 1.11 bits per heavy atom. The van der Waals surface area contributed by atoms with Crippen LogP contribution in [0.4, 0.5) is 26.3 Å². The first-order valence-corrected chi connectivity index (χ1v) is 9.96. The lowest BCUT2D eigenvalue weighted by Crippen LogP contribution is -2.46. The van der Waals surface area contributed by atoms with Gasteiger partial charge in [-0.15, -0.1) is 0 Å². The number of aliphatic carboxylic acids is 2. The molecule has 1 aliphatic heterocycles. The maximum atomic E-state index is 12.0. The molecule has 16 nitrogen and oxygen atoms in total. The standard InChI is InChI=1S/C12H24N8O4.2C2HF3O2/c1-19-6-7(5-9(19)10(14)21)17-11(22)8(13)3-2-4-16-12(15)18-20(23)24;2*3-2(4,5)1(6)7/h7-9H,2-6,13H2,1H3,(H2,14,21)(H,17,22)(H3,15,16,18);2*(H,6,7)/t7-,8+,9+;;/m1../s1. The highest BCUT2D eigenvalue weighted by atomic mass is 19.4. The molecule has 1 aliphatic rings. The predicted octanol–water partition coefficient (Wildman–Crippen LogP) is -1.87. The maximum Gasteiger partial charge on any atom is 0.490 e. The number of carboxylic acids is 2. The number of hydrogen-bond acceptors (Lipinski definition) is 9. The highest BCUT2D eigenvalue weighted by molar-refractivity contribution is 5.83. The SMILES string of the molecule is CN1C[C@H](NC(=O)[C@@H](N)CCCN=C(N)N[N+](=O)[O-])C[C@H]1C(N)=O.O=C(O)C(F)(F)F.O=C(O)C(F)(F)F. The van der Waals surface area contributed by atoms with Crippen LogP contribution in [0.3, 0.4) is 0 Å². The van der Waals surface area contributed by atoms with Crippen LogP contribution in [0.5, 0.6) is 0 Å². The molecule has 0 spiro atoms. The van der Waals surface area contributed by atoms with Crippen LogP contribution in [0.2, 0.25) is 0 Å². The number of nitro groups is 1. The van der Waals surface area contributed by atoms with Crippen molar-refractivity contribution in [2.75, 3.05) is 20.1 Å². The first-order valence-electron chi connectivity index (χ1n) is 9.96. The van der Waals surface area contributed by atoms with Crippen molar-refractivity contribution >= 4 is 29.7 Å². The summed E-state index contributed by atoms with van der Waals surface area (Å²) in [6.07, 6.45) is -8.91. The maximum absolute atomic E-state index is 12.0. The van der Waals surface area contributed by atoms with E-state index in [-0.39, 0.29) is 24.5 Å². The number of guanidine groups is 1. The lowest BCUT2D eigenvalue weighted by atomic mass is 10.1. The van der Waals surface area contributed by atoms with E-state index in [1.807, 2.05) is 0 Å². The summed E-state index contributed by atoms with van der Waals surface area (Å²) >= 11 is 0. The van der Waals surface area contributed by atoms with Crippen molar-refractivity contribution in [2.24, 2.45) is 22.2 Å². The molecule has 38 heavy (non-hydrogen) atoms. The van der Waals surface area contributed by atoms with Crippen LogP contribution < -0.4 is 27.9 Å². The van der Waals surface area contributed by atoms with E-state index in [9.17, 15) is 46.0 Å². The summed E-state index contributed by atoms with van der Waals surface area (Å²) in [4.78, 5) is 56.7. The molecule has 10 N–H and O–H groups in total.